The van der Waals surface area contributed by atoms with Crippen molar-refractivity contribution in [2.24, 2.45) is 0 Å². The minimum atomic E-state index is 0.273. The summed E-state index contributed by atoms with van der Waals surface area (Å²) in [5.74, 6) is 0.992. The molecule has 1 aromatic carbocycles. The van der Waals surface area contributed by atoms with Gasteiger partial charge in [-0.3, -0.25) is 0 Å². The monoisotopic (exact) mass is 287 g/mol. The highest BCUT2D eigenvalue weighted by atomic mass is 32.1. The maximum atomic E-state index is 5.80. The molecule has 3 rings (SSSR count). The molecule has 1 fully saturated rings. The van der Waals surface area contributed by atoms with Crippen molar-refractivity contribution in [3.8, 4) is 5.75 Å². The zero-order valence-corrected chi connectivity index (χ0v) is 12.9. The third-order valence-corrected chi connectivity index (χ3v) is 4.94. The van der Waals surface area contributed by atoms with Crippen LogP contribution in [0.4, 0.5) is 0 Å². The number of benzene rings is 1. The average molecular weight is 287 g/mol. The Morgan fingerprint density at radius 2 is 1.95 bits per heavy atom. The molecular weight excluding hydrogens is 266 g/mol. The van der Waals surface area contributed by atoms with Crippen LogP contribution in [0.15, 0.2) is 36.4 Å². The third kappa shape index (κ3) is 3.05. The van der Waals surface area contributed by atoms with Crippen molar-refractivity contribution in [1.82, 2.24) is 5.32 Å². The van der Waals surface area contributed by atoms with Crippen LogP contribution in [-0.2, 0) is 6.42 Å². The third-order valence-electron chi connectivity index (χ3n) is 3.64. The van der Waals surface area contributed by atoms with Gasteiger partial charge in [0, 0.05) is 9.75 Å². The largest absolute Gasteiger partial charge is 0.490 e. The van der Waals surface area contributed by atoms with E-state index < -0.39 is 0 Å². The van der Waals surface area contributed by atoms with E-state index >= 15 is 0 Å². The number of aryl methyl sites for hydroxylation is 1. The molecule has 1 saturated carbocycles. The van der Waals surface area contributed by atoms with Crippen molar-refractivity contribution in [3.05, 3.63) is 51.7 Å². The van der Waals surface area contributed by atoms with Gasteiger partial charge in [-0.15, -0.1) is 11.3 Å². The van der Waals surface area contributed by atoms with Gasteiger partial charge in [0.15, 0.2) is 0 Å². The van der Waals surface area contributed by atoms with Crippen LogP contribution in [0.1, 0.15) is 41.1 Å². The van der Waals surface area contributed by atoms with Gasteiger partial charge in [-0.05, 0) is 56.1 Å². The van der Waals surface area contributed by atoms with Gasteiger partial charge in [0.2, 0.25) is 0 Å². The fourth-order valence-corrected chi connectivity index (χ4v) is 3.42. The lowest BCUT2D eigenvalue weighted by Crippen LogP contribution is -2.16. The summed E-state index contributed by atoms with van der Waals surface area (Å²) in [6, 6.07) is 13.3. The van der Waals surface area contributed by atoms with Gasteiger partial charge in [0.25, 0.3) is 0 Å². The second-order valence-corrected chi connectivity index (χ2v) is 6.47. The Bertz CT molecular complexity index is 557. The highest BCUT2D eigenvalue weighted by Gasteiger charge is 2.23. The maximum Gasteiger partial charge on any atom is 0.119 e. The topological polar surface area (TPSA) is 21.3 Å². The van der Waals surface area contributed by atoms with E-state index in [0.717, 1.165) is 12.2 Å². The van der Waals surface area contributed by atoms with E-state index in [2.05, 4.69) is 48.6 Å². The Morgan fingerprint density at radius 3 is 2.50 bits per heavy atom. The van der Waals surface area contributed by atoms with Crippen LogP contribution in [0.5, 0.6) is 5.75 Å². The van der Waals surface area contributed by atoms with Gasteiger partial charge in [0.05, 0.1) is 12.1 Å². The van der Waals surface area contributed by atoms with Crippen LogP contribution in [0.25, 0.3) is 0 Å². The molecule has 0 radical (unpaired) electrons. The molecule has 20 heavy (non-hydrogen) atoms. The molecule has 2 nitrogen and oxygen atoms in total. The summed E-state index contributed by atoms with van der Waals surface area (Å²) in [7, 11) is 2.02. The zero-order valence-electron chi connectivity index (χ0n) is 12.1. The van der Waals surface area contributed by atoms with Gasteiger partial charge in [0.1, 0.15) is 5.75 Å². The Kier molecular flexibility index (Phi) is 4.08. The van der Waals surface area contributed by atoms with Gasteiger partial charge in [-0.25, -0.2) is 0 Å². The predicted octanol–water partition coefficient (Wildman–Crippen LogP) is 4.16. The molecule has 1 aliphatic carbocycles. The molecule has 1 aromatic heterocycles. The lowest BCUT2D eigenvalue weighted by atomic mass is 10.1. The molecule has 1 N–H and O–H groups in total. The number of nitrogens with one attached hydrogen (secondary N) is 1. The molecule has 0 aliphatic heterocycles. The molecule has 2 aromatic rings. The summed E-state index contributed by atoms with van der Waals surface area (Å²) in [5.41, 5.74) is 1.29. The Morgan fingerprint density at radius 1 is 1.20 bits per heavy atom. The minimum Gasteiger partial charge on any atom is -0.490 e. The second-order valence-electron chi connectivity index (χ2n) is 5.27. The van der Waals surface area contributed by atoms with Crippen molar-refractivity contribution >= 4 is 11.3 Å². The molecular formula is C17H21NOS. The van der Waals surface area contributed by atoms with Gasteiger partial charge >= 0.3 is 0 Å². The molecule has 0 spiro atoms. The average Bonchev–Trinajstić information content (AvgIpc) is 3.16. The number of rotatable bonds is 6. The van der Waals surface area contributed by atoms with Gasteiger partial charge in [-0.1, -0.05) is 19.1 Å². The maximum absolute atomic E-state index is 5.80. The summed E-state index contributed by atoms with van der Waals surface area (Å²) >= 11 is 1.89. The van der Waals surface area contributed by atoms with Crippen molar-refractivity contribution < 1.29 is 4.74 Å². The van der Waals surface area contributed by atoms with Gasteiger partial charge in [-0.2, -0.15) is 0 Å². The molecule has 1 atom stereocenters. The minimum absolute atomic E-state index is 0.273. The van der Waals surface area contributed by atoms with Crippen molar-refractivity contribution in [3.63, 3.8) is 0 Å². The number of thiophene rings is 1. The molecule has 0 amide bonds. The molecule has 1 aliphatic rings. The fraction of sp³-hybridized carbons (Fsp3) is 0.412. The van der Waals surface area contributed by atoms with Gasteiger partial charge < -0.3 is 10.1 Å². The van der Waals surface area contributed by atoms with Crippen molar-refractivity contribution in [2.45, 2.75) is 38.3 Å². The number of hydrogen-bond donors (Lipinski definition) is 1. The standard InChI is InChI=1S/C17H21NOS/c1-3-15-10-11-16(20-15)17(18-2)12-4-6-13(7-5-12)19-14-8-9-14/h4-7,10-11,14,17-18H,3,8-9H2,1-2H3. The first-order valence-corrected chi connectivity index (χ1v) is 8.14. The van der Waals surface area contributed by atoms with Crippen molar-refractivity contribution in [1.29, 1.82) is 0 Å². The quantitative estimate of drug-likeness (QED) is 0.861. The molecule has 1 unspecified atom stereocenters. The summed E-state index contributed by atoms with van der Waals surface area (Å²) in [6.07, 6.45) is 3.98. The van der Waals surface area contributed by atoms with Crippen LogP contribution in [0.3, 0.4) is 0 Å². The predicted molar refractivity (Wildman–Crippen MR) is 84.7 cm³/mol. The molecule has 106 valence electrons. The molecule has 0 bridgehead atoms. The number of ether oxygens (including phenoxy) is 1. The molecule has 3 heteroatoms. The second kappa shape index (κ2) is 5.98. The van der Waals surface area contributed by atoms with E-state index in [1.807, 2.05) is 18.4 Å². The van der Waals surface area contributed by atoms with Crippen molar-refractivity contribution in [2.75, 3.05) is 7.05 Å². The summed E-state index contributed by atoms with van der Waals surface area (Å²) in [5, 5.41) is 3.41. The van der Waals surface area contributed by atoms with E-state index in [9.17, 15) is 0 Å². The summed E-state index contributed by atoms with van der Waals surface area (Å²) in [4.78, 5) is 2.81. The molecule has 0 saturated heterocycles. The number of hydrogen-bond acceptors (Lipinski definition) is 3. The first kappa shape index (κ1) is 13.7. The molecule has 1 heterocycles. The SMILES string of the molecule is CCc1ccc(C(NC)c2ccc(OC3CC3)cc2)s1. The van der Waals surface area contributed by atoms with Crippen LogP contribution >= 0.6 is 11.3 Å². The van der Waals surface area contributed by atoms with E-state index in [1.54, 1.807) is 0 Å². The lowest BCUT2D eigenvalue weighted by molar-refractivity contribution is 0.303. The Labute approximate surface area is 124 Å². The Balaban J connectivity index is 1.77. The van der Waals surface area contributed by atoms with Crippen LogP contribution in [0, 0.1) is 0 Å². The summed E-state index contributed by atoms with van der Waals surface area (Å²) in [6.45, 7) is 2.20. The normalized spacial score (nSPS) is 16.1. The first-order valence-electron chi connectivity index (χ1n) is 7.32. The first-order chi connectivity index (χ1) is 9.80. The van der Waals surface area contributed by atoms with E-state index in [4.69, 9.17) is 4.74 Å². The van der Waals surface area contributed by atoms with E-state index in [1.165, 1.54) is 28.2 Å². The summed E-state index contributed by atoms with van der Waals surface area (Å²) < 4.78 is 5.80. The zero-order chi connectivity index (χ0) is 13.9. The van der Waals surface area contributed by atoms with Crippen LogP contribution in [-0.4, -0.2) is 13.2 Å². The fourth-order valence-electron chi connectivity index (χ4n) is 2.33. The van der Waals surface area contributed by atoms with Crippen LogP contribution in [0.2, 0.25) is 0 Å². The highest BCUT2D eigenvalue weighted by Crippen LogP contribution is 2.31. The lowest BCUT2D eigenvalue weighted by Gasteiger charge is -2.15. The smallest absolute Gasteiger partial charge is 0.119 e. The van der Waals surface area contributed by atoms with E-state index in [-0.39, 0.29) is 6.04 Å². The van der Waals surface area contributed by atoms with E-state index in [0.29, 0.717) is 6.10 Å². The highest BCUT2D eigenvalue weighted by molar-refractivity contribution is 7.12. The van der Waals surface area contributed by atoms with Crippen LogP contribution < -0.4 is 10.1 Å². The Hall–Kier alpha value is -1.32.